The molecule has 0 aromatic rings. The largest absolute Gasteiger partial charge is 0.466 e. The lowest BCUT2D eigenvalue weighted by Gasteiger charge is -2.42. The van der Waals surface area contributed by atoms with E-state index in [1.165, 1.54) is 6.42 Å². The average Bonchev–Trinajstić information content (AvgIpc) is 2.94. The Morgan fingerprint density at radius 2 is 1.94 bits per heavy atom. The Kier molecular flexibility index (Phi) is 2.46. The summed E-state index contributed by atoms with van der Waals surface area (Å²) in [5, 5.41) is 0. The first-order chi connectivity index (χ1) is 8.79. The van der Waals surface area contributed by atoms with Gasteiger partial charge in [-0.05, 0) is 37.0 Å². The van der Waals surface area contributed by atoms with Crippen molar-refractivity contribution in [2.75, 3.05) is 19.8 Å². The Morgan fingerprint density at radius 3 is 2.78 bits per heavy atom. The topological polar surface area (TPSA) is 44.8 Å². The molecular weight excluding hydrogens is 232 g/mol. The molecule has 4 nitrogen and oxygen atoms in total. The molecule has 0 aromatic carbocycles. The number of ether oxygens (including phenoxy) is 3. The summed E-state index contributed by atoms with van der Waals surface area (Å²) >= 11 is 0. The average molecular weight is 252 g/mol. The van der Waals surface area contributed by atoms with E-state index in [-0.39, 0.29) is 12.1 Å². The second-order valence-corrected chi connectivity index (χ2v) is 6.15. The van der Waals surface area contributed by atoms with Gasteiger partial charge < -0.3 is 14.2 Å². The highest BCUT2D eigenvalue weighted by Crippen LogP contribution is 2.63. The summed E-state index contributed by atoms with van der Waals surface area (Å²) in [7, 11) is 0. The van der Waals surface area contributed by atoms with Gasteiger partial charge in [-0.3, -0.25) is 4.79 Å². The minimum Gasteiger partial charge on any atom is -0.466 e. The molecule has 4 rings (SSSR count). The summed E-state index contributed by atoms with van der Waals surface area (Å²) in [4.78, 5) is 11.7. The number of esters is 1. The monoisotopic (exact) mass is 252 g/mol. The van der Waals surface area contributed by atoms with Crippen LogP contribution < -0.4 is 0 Å². The molecule has 0 amide bonds. The van der Waals surface area contributed by atoms with Crippen LogP contribution in [-0.2, 0) is 19.0 Å². The summed E-state index contributed by atoms with van der Waals surface area (Å²) in [6.07, 6.45) is 2.09. The summed E-state index contributed by atoms with van der Waals surface area (Å²) in [6.45, 7) is 4.04. The maximum Gasteiger partial charge on any atom is 0.308 e. The fraction of sp³-hybridized carbons (Fsp3) is 0.929. The number of hydrogen-bond acceptors (Lipinski definition) is 4. The lowest BCUT2D eigenvalue weighted by molar-refractivity contribution is -0.157. The van der Waals surface area contributed by atoms with Crippen molar-refractivity contribution >= 4 is 5.97 Å². The molecule has 0 aromatic heterocycles. The third-order valence-electron chi connectivity index (χ3n) is 5.58. The lowest BCUT2D eigenvalue weighted by atomic mass is 9.70. The van der Waals surface area contributed by atoms with Gasteiger partial charge in [-0.2, -0.15) is 0 Å². The first kappa shape index (κ1) is 11.2. The minimum atomic E-state index is -0.127. The van der Waals surface area contributed by atoms with Crippen molar-refractivity contribution in [3.8, 4) is 0 Å². The summed E-state index contributed by atoms with van der Waals surface area (Å²) in [5.41, 5.74) is 0. The van der Waals surface area contributed by atoms with Crippen LogP contribution in [0.2, 0.25) is 0 Å². The zero-order valence-electron chi connectivity index (χ0n) is 10.7. The first-order valence-electron chi connectivity index (χ1n) is 7.18. The molecule has 0 spiro atoms. The molecule has 18 heavy (non-hydrogen) atoms. The van der Waals surface area contributed by atoms with Crippen molar-refractivity contribution in [3.05, 3.63) is 0 Å². The molecule has 2 bridgehead atoms. The van der Waals surface area contributed by atoms with Gasteiger partial charge in [0.25, 0.3) is 0 Å². The maximum atomic E-state index is 11.7. The number of carbonyl (C=O) groups excluding carboxylic acids is 1. The Morgan fingerprint density at radius 1 is 1.17 bits per heavy atom. The van der Waals surface area contributed by atoms with Crippen LogP contribution in [0.15, 0.2) is 0 Å². The Bertz CT molecular complexity index is 369. The molecule has 6 unspecified atom stereocenters. The molecule has 0 N–H and O–H groups in total. The second-order valence-electron chi connectivity index (χ2n) is 6.15. The van der Waals surface area contributed by atoms with Crippen LogP contribution in [0, 0.1) is 29.6 Å². The molecule has 7 atom stereocenters. The zero-order valence-corrected chi connectivity index (χ0v) is 10.7. The highest BCUT2D eigenvalue weighted by atomic mass is 16.5. The predicted octanol–water partition coefficient (Wildman–Crippen LogP) is 1.24. The van der Waals surface area contributed by atoms with Gasteiger partial charge in [-0.25, -0.2) is 0 Å². The third-order valence-corrected chi connectivity index (χ3v) is 5.58. The Hall–Kier alpha value is -0.610. The van der Waals surface area contributed by atoms with Crippen LogP contribution in [0.3, 0.4) is 0 Å². The van der Waals surface area contributed by atoms with Crippen molar-refractivity contribution in [2.24, 2.45) is 29.6 Å². The maximum absolute atomic E-state index is 11.7. The van der Waals surface area contributed by atoms with E-state index < -0.39 is 0 Å². The molecule has 2 saturated heterocycles. The lowest BCUT2D eigenvalue weighted by Crippen LogP contribution is -2.48. The molecule has 2 saturated carbocycles. The van der Waals surface area contributed by atoms with Crippen molar-refractivity contribution in [2.45, 2.75) is 32.0 Å². The first-order valence-corrected chi connectivity index (χ1v) is 7.18. The Labute approximate surface area is 107 Å². The van der Waals surface area contributed by atoms with Gasteiger partial charge in [0.15, 0.2) is 0 Å². The molecule has 4 aliphatic rings. The van der Waals surface area contributed by atoms with E-state index in [1.807, 2.05) is 6.92 Å². The van der Waals surface area contributed by atoms with Gasteiger partial charge in [0.05, 0.1) is 38.4 Å². The number of rotatable bonds is 3. The van der Waals surface area contributed by atoms with Crippen LogP contribution >= 0.6 is 0 Å². The van der Waals surface area contributed by atoms with Gasteiger partial charge in [-0.15, -0.1) is 0 Å². The van der Waals surface area contributed by atoms with Crippen LogP contribution in [-0.4, -0.2) is 38.0 Å². The van der Waals surface area contributed by atoms with E-state index in [4.69, 9.17) is 14.2 Å². The van der Waals surface area contributed by atoms with Gasteiger partial charge in [0.2, 0.25) is 0 Å². The van der Waals surface area contributed by atoms with Crippen LogP contribution in [0.25, 0.3) is 0 Å². The van der Waals surface area contributed by atoms with Gasteiger partial charge in [0.1, 0.15) is 0 Å². The molecule has 4 heteroatoms. The van der Waals surface area contributed by atoms with Crippen LogP contribution in [0.4, 0.5) is 0 Å². The standard InChI is InChI=1S/C14H20O4/c1-2-16-12(15)4-11-13-7-3-8-10(6-18-14(8)13)9(7)5-17-11/h7-11,13-14H,2-6H2,1H3/t7?,8?,9?,10?,11-,13?,14?/m1/s1. The van der Waals surface area contributed by atoms with Crippen molar-refractivity contribution < 1.29 is 19.0 Å². The summed E-state index contributed by atoms with van der Waals surface area (Å²) in [5.74, 6) is 3.23. The SMILES string of the molecule is CCOC(=O)C[C@H]1OCC2C3COC4C3CC2C41. The van der Waals surface area contributed by atoms with E-state index in [2.05, 4.69) is 0 Å². The molecule has 0 radical (unpaired) electrons. The number of hydrogen-bond donors (Lipinski definition) is 0. The van der Waals surface area contributed by atoms with Crippen LogP contribution in [0.5, 0.6) is 0 Å². The Balaban J connectivity index is 1.52. The normalized spacial score (nSPS) is 51.7. The molecule has 2 heterocycles. The number of carbonyl (C=O) groups is 1. The van der Waals surface area contributed by atoms with Crippen molar-refractivity contribution in [3.63, 3.8) is 0 Å². The highest BCUT2D eigenvalue weighted by Gasteiger charge is 2.65. The smallest absolute Gasteiger partial charge is 0.308 e. The van der Waals surface area contributed by atoms with E-state index in [0.717, 1.165) is 31.0 Å². The zero-order chi connectivity index (χ0) is 12.3. The number of fused-ring (bicyclic) bond motifs is 2. The molecule has 2 aliphatic carbocycles. The van der Waals surface area contributed by atoms with Gasteiger partial charge in [-0.1, -0.05) is 0 Å². The van der Waals surface area contributed by atoms with E-state index in [9.17, 15) is 4.79 Å². The van der Waals surface area contributed by atoms with Crippen molar-refractivity contribution in [1.29, 1.82) is 0 Å². The predicted molar refractivity (Wildman–Crippen MR) is 62.8 cm³/mol. The second kappa shape index (κ2) is 3.94. The molecule has 100 valence electrons. The molecular formula is C14H20O4. The molecule has 4 fully saturated rings. The molecule has 2 aliphatic heterocycles. The van der Waals surface area contributed by atoms with Crippen molar-refractivity contribution in [1.82, 2.24) is 0 Å². The van der Waals surface area contributed by atoms with E-state index in [1.54, 1.807) is 0 Å². The highest BCUT2D eigenvalue weighted by molar-refractivity contribution is 5.70. The van der Waals surface area contributed by atoms with Gasteiger partial charge >= 0.3 is 5.97 Å². The summed E-state index contributed by atoms with van der Waals surface area (Å²) < 4.78 is 17.0. The van der Waals surface area contributed by atoms with E-state index in [0.29, 0.717) is 31.0 Å². The minimum absolute atomic E-state index is 0.0272. The van der Waals surface area contributed by atoms with E-state index >= 15 is 0 Å². The van der Waals surface area contributed by atoms with Gasteiger partial charge in [0, 0.05) is 5.92 Å². The van der Waals surface area contributed by atoms with Crippen LogP contribution in [0.1, 0.15) is 19.8 Å². The third kappa shape index (κ3) is 1.36. The fourth-order valence-corrected chi connectivity index (χ4v) is 5.01. The fourth-order valence-electron chi connectivity index (χ4n) is 5.01. The quantitative estimate of drug-likeness (QED) is 0.709. The summed E-state index contributed by atoms with van der Waals surface area (Å²) in [6, 6.07) is 0.